The quantitative estimate of drug-likeness (QED) is 0.507. The Bertz CT molecular complexity index is 852. The highest BCUT2D eigenvalue weighted by molar-refractivity contribution is 7.99. The second kappa shape index (κ2) is 6.96. The molecule has 0 aliphatic carbocycles. The van der Waals surface area contributed by atoms with Gasteiger partial charge in [0.15, 0.2) is 16.8 Å². The second-order valence-corrected chi connectivity index (χ2v) is 6.75. The molecule has 0 radical (unpaired) electrons. The van der Waals surface area contributed by atoms with Crippen molar-refractivity contribution >= 4 is 11.8 Å². The molecule has 0 amide bonds. The average molecular weight is 341 g/mol. The van der Waals surface area contributed by atoms with Crippen LogP contribution >= 0.6 is 11.8 Å². The number of allylic oxidation sites excluding steroid dienone is 1. The van der Waals surface area contributed by atoms with Gasteiger partial charge in [-0.25, -0.2) is 4.68 Å². The highest BCUT2D eigenvalue weighted by Crippen LogP contribution is 2.34. The van der Waals surface area contributed by atoms with E-state index in [1.807, 2.05) is 25.3 Å². The lowest BCUT2D eigenvalue weighted by atomic mass is 10.1. The van der Waals surface area contributed by atoms with Crippen LogP contribution in [0.5, 0.6) is 0 Å². The lowest BCUT2D eigenvalue weighted by Gasteiger charge is -2.12. The van der Waals surface area contributed by atoms with Gasteiger partial charge in [-0.3, -0.25) is 4.57 Å². The van der Waals surface area contributed by atoms with Crippen LogP contribution in [0.4, 0.5) is 0 Å². The second-order valence-electron chi connectivity index (χ2n) is 5.44. The molecule has 0 saturated carbocycles. The van der Waals surface area contributed by atoms with Crippen LogP contribution in [0.1, 0.15) is 23.6 Å². The molecule has 0 spiro atoms. The Labute approximate surface area is 144 Å². The minimum Gasteiger partial charge on any atom is -0.298 e. The Morgan fingerprint density at radius 3 is 2.71 bits per heavy atom. The van der Waals surface area contributed by atoms with E-state index in [9.17, 15) is 0 Å². The van der Waals surface area contributed by atoms with Gasteiger partial charge in [0, 0.05) is 19.2 Å². The van der Waals surface area contributed by atoms with Gasteiger partial charge >= 0.3 is 0 Å². The predicted molar refractivity (Wildman–Crippen MR) is 93.5 cm³/mol. The maximum Gasteiger partial charge on any atom is 0.192 e. The molecule has 0 aliphatic heterocycles. The van der Waals surface area contributed by atoms with Crippen molar-refractivity contribution in [3.63, 3.8) is 0 Å². The van der Waals surface area contributed by atoms with E-state index < -0.39 is 0 Å². The lowest BCUT2D eigenvalue weighted by Crippen LogP contribution is -2.05. The molecule has 24 heavy (non-hydrogen) atoms. The summed E-state index contributed by atoms with van der Waals surface area (Å²) in [6.07, 6.45) is 1.85. The first-order valence-corrected chi connectivity index (χ1v) is 8.48. The topological polar surface area (TPSA) is 74.3 Å². The maximum absolute atomic E-state index is 4.41. The minimum atomic E-state index is 0.0579. The van der Waals surface area contributed by atoms with E-state index >= 15 is 0 Å². The Hall–Kier alpha value is -2.48. The Balaban J connectivity index is 1.96. The summed E-state index contributed by atoms with van der Waals surface area (Å²) in [6, 6.07) is 8.16. The molecule has 3 rings (SSSR count). The number of hydrogen-bond donors (Lipinski definition) is 0. The molecule has 1 aromatic carbocycles. The fourth-order valence-electron chi connectivity index (χ4n) is 2.48. The van der Waals surface area contributed by atoms with Gasteiger partial charge in [-0.1, -0.05) is 42.1 Å². The van der Waals surface area contributed by atoms with Crippen LogP contribution < -0.4 is 0 Å². The monoisotopic (exact) mass is 341 g/mol. The summed E-state index contributed by atoms with van der Waals surface area (Å²) in [7, 11) is 1.83. The van der Waals surface area contributed by atoms with Crippen molar-refractivity contribution in [1.82, 2.24) is 35.0 Å². The van der Waals surface area contributed by atoms with Gasteiger partial charge in [0.25, 0.3) is 0 Å². The largest absolute Gasteiger partial charge is 0.298 e. The first-order chi connectivity index (χ1) is 11.6. The van der Waals surface area contributed by atoms with Gasteiger partial charge in [-0.2, -0.15) is 0 Å². The van der Waals surface area contributed by atoms with Gasteiger partial charge in [0.2, 0.25) is 0 Å². The number of aryl methyl sites for hydroxylation is 2. The summed E-state index contributed by atoms with van der Waals surface area (Å²) >= 11 is 1.58. The molecule has 0 unspecified atom stereocenters. The summed E-state index contributed by atoms with van der Waals surface area (Å²) in [6.45, 7) is 8.62. The van der Waals surface area contributed by atoms with Crippen molar-refractivity contribution in [1.29, 1.82) is 0 Å². The van der Waals surface area contributed by atoms with E-state index in [0.29, 0.717) is 6.54 Å². The first kappa shape index (κ1) is 16.4. The Kier molecular flexibility index (Phi) is 4.75. The van der Waals surface area contributed by atoms with Crippen molar-refractivity contribution in [2.45, 2.75) is 30.8 Å². The molecule has 0 bridgehead atoms. The van der Waals surface area contributed by atoms with Crippen LogP contribution in [0.3, 0.4) is 0 Å². The summed E-state index contributed by atoms with van der Waals surface area (Å²) in [5, 5.41) is 21.3. The molecule has 3 aromatic rings. The third-order valence-electron chi connectivity index (χ3n) is 3.71. The Morgan fingerprint density at radius 1 is 1.25 bits per heavy atom. The van der Waals surface area contributed by atoms with Crippen LogP contribution in [-0.4, -0.2) is 35.0 Å². The molecule has 0 aliphatic rings. The zero-order chi connectivity index (χ0) is 17.1. The van der Waals surface area contributed by atoms with Crippen LogP contribution in [0.2, 0.25) is 0 Å². The average Bonchev–Trinajstić information content (AvgIpc) is 3.15. The van der Waals surface area contributed by atoms with Crippen molar-refractivity contribution in [2.24, 2.45) is 7.05 Å². The van der Waals surface area contributed by atoms with Crippen LogP contribution in [0, 0.1) is 6.92 Å². The van der Waals surface area contributed by atoms with Crippen LogP contribution in [0.15, 0.2) is 42.1 Å². The van der Waals surface area contributed by atoms with Crippen LogP contribution in [0.25, 0.3) is 11.4 Å². The molecule has 2 heterocycles. The van der Waals surface area contributed by atoms with Gasteiger partial charge < -0.3 is 0 Å². The van der Waals surface area contributed by atoms with E-state index in [4.69, 9.17) is 0 Å². The summed E-state index contributed by atoms with van der Waals surface area (Å²) in [5.74, 6) is 1.64. The zero-order valence-electron chi connectivity index (χ0n) is 13.9. The first-order valence-electron chi connectivity index (χ1n) is 7.60. The molecule has 7 nitrogen and oxygen atoms in total. The minimum absolute atomic E-state index is 0.0579. The predicted octanol–water partition coefficient (Wildman–Crippen LogP) is 2.82. The Morgan fingerprint density at radius 2 is 2.04 bits per heavy atom. The lowest BCUT2D eigenvalue weighted by molar-refractivity contribution is 0.676. The number of benzene rings is 1. The van der Waals surface area contributed by atoms with E-state index in [-0.39, 0.29) is 5.25 Å². The molecule has 0 N–H and O–H groups in total. The number of aromatic nitrogens is 7. The zero-order valence-corrected chi connectivity index (χ0v) is 14.7. The van der Waals surface area contributed by atoms with E-state index in [0.717, 1.165) is 27.9 Å². The molecule has 8 heteroatoms. The molecule has 1 atom stereocenters. The van der Waals surface area contributed by atoms with E-state index in [1.165, 1.54) is 0 Å². The summed E-state index contributed by atoms with van der Waals surface area (Å²) < 4.78 is 3.74. The van der Waals surface area contributed by atoms with Gasteiger partial charge in [-0.15, -0.1) is 21.9 Å². The van der Waals surface area contributed by atoms with E-state index in [1.54, 1.807) is 16.4 Å². The van der Waals surface area contributed by atoms with Crippen molar-refractivity contribution in [3.05, 3.63) is 48.3 Å². The SMILES string of the molecule is C=CCn1c(S[C@@H](C)c2nnnn2C)nnc1-c1ccccc1C. The van der Waals surface area contributed by atoms with Crippen molar-refractivity contribution in [3.8, 4) is 11.4 Å². The smallest absolute Gasteiger partial charge is 0.192 e. The summed E-state index contributed by atoms with van der Waals surface area (Å²) in [5.41, 5.74) is 2.24. The highest BCUT2D eigenvalue weighted by Gasteiger charge is 2.20. The third kappa shape index (κ3) is 3.09. The molecule has 2 aromatic heterocycles. The van der Waals surface area contributed by atoms with Crippen molar-refractivity contribution in [2.75, 3.05) is 0 Å². The van der Waals surface area contributed by atoms with Crippen molar-refractivity contribution < 1.29 is 0 Å². The van der Waals surface area contributed by atoms with Gasteiger partial charge in [0.1, 0.15) is 0 Å². The summed E-state index contributed by atoms with van der Waals surface area (Å²) in [4.78, 5) is 0. The molecule has 0 saturated heterocycles. The number of thioether (sulfide) groups is 1. The molecule has 124 valence electrons. The van der Waals surface area contributed by atoms with E-state index in [2.05, 4.69) is 62.8 Å². The maximum atomic E-state index is 4.41. The number of hydrogen-bond acceptors (Lipinski definition) is 6. The number of tetrazole rings is 1. The standard InChI is InChI=1S/C16H19N7S/c1-5-10-23-15(13-9-7-6-8-11(13)2)17-19-16(23)24-12(3)14-18-20-21-22(14)4/h5-9,12H,1,10H2,2-4H3/t12-/m0/s1. The fourth-order valence-corrected chi connectivity index (χ4v) is 3.48. The van der Waals surface area contributed by atoms with Gasteiger partial charge in [0.05, 0.1) is 5.25 Å². The normalized spacial score (nSPS) is 12.3. The highest BCUT2D eigenvalue weighted by atomic mass is 32.2. The molecular weight excluding hydrogens is 322 g/mol. The van der Waals surface area contributed by atoms with Crippen LogP contribution in [-0.2, 0) is 13.6 Å². The third-order valence-corrected chi connectivity index (χ3v) is 4.79. The molecular formula is C16H19N7S. The van der Waals surface area contributed by atoms with Gasteiger partial charge in [-0.05, 0) is 29.8 Å². The fraction of sp³-hybridized carbons (Fsp3) is 0.312. The number of nitrogens with zero attached hydrogens (tertiary/aromatic N) is 7. The molecule has 0 fully saturated rings. The number of rotatable bonds is 6.